The number of H-pyrrole nitrogens is 1. The Kier molecular flexibility index (Phi) is 4.75. The number of nitrogens with one attached hydrogen (secondary N) is 2. The second-order valence-corrected chi connectivity index (χ2v) is 6.92. The Balaban J connectivity index is 1.31. The number of hydrogen-bond acceptors (Lipinski definition) is 4. The molecule has 2 N–H and O–H groups in total. The molecule has 0 spiro atoms. The molecule has 1 saturated carbocycles. The van der Waals surface area contributed by atoms with Crippen LogP contribution in [0.5, 0.6) is 5.75 Å². The van der Waals surface area contributed by atoms with Crippen molar-refractivity contribution < 1.29 is 9.53 Å². The number of ether oxygens (including phenoxy) is 1. The van der Waals surface area contributed by atoms with Crippen molar-refractivity contribution in [2.75, 3.05) is 0 Å². The number of rotatable bonds is 4. The van der Waals surface area contributed by atoms with E-state index in [2.05, 4.69) is 20.5 Å². The molecular weight excluding hydrogens is 352 g/mol. The Morgan fingerprint density at radius 2 is 2.08 bits per heavy atom. The minimum atomic E-state index is -0.209. The van der Waals surface area contributed by atoms with Gasteiger partial charge in [0.05, 0.1) is 22.8 Å². The van der Waals surface area contributed by atoms with Gasteiger partial charge in [0.15, 0.2) is 0 Å². The SMILES string of the molecule is O=C(NC1CCC(Oc2ccc3ncccc3c2)CC1)c1[nH]ncc1Cl. The van der Waals surface area contributed by atoms with Crippen LogP contribution in [0, 0.1) is 0 Å². The summed E-state index contributed by atoms with van der Waals surface area (Å²) in [6.45, 7) is 0. The number of halogens is 1. The molecule has 4 rings (SSSR count). The van der Waals surface area contributed by atoms with Gasteiger partial charge in [-0.1, -0.05) is 17.7 Å². The molecule has 0 atom stereocenters. The van der Waals surface area contributed by atoms with Gasteiger partial charge >= 0.3 is 0 Å². The number of hydrogen-bond donors (Lipinski definition) is 2. The molecule has 2 aromatic heterocycles. The third-order valence-electron chi connectivity index (χ3n) is 4.71. The summed E-state index contributed by atoms with van der Waals surface area (Å²) < 4.78 is 6.13. The van der Waals surface area contributed by atoms with Crippen LogP contribution in [0.3, 0.4) is 0 Å². The van der Waals surface area contributed by atoms with Gasteiger partial charge in [-0.25, -0.2) is 0 Å². The molecule has 1 aromatic carbocycles. The summed E-state index contributed by atoms with van der Waals surface area (Å²) >= 11 is 5.93. The van der Waals surface area contributed by atoms with E-state index >= 15 is 0 Å². The predicted octanol–water partition coefficient (Wildman–Crippen LogP) is 3.73. The van der Waals surface area contributed by atoms with Crippen LogP contribution in [-0.2, 0) is 0 Å². The summed E-state index contributed by atoms with van der Waals surface area (Å²) in [6, 6.07) is 10.0. The van der Waals surface area contributed by atoms with Gasteiger partial charge in [0, 0.05) is 17.6 Å². The first-order chi connectivity index (χ1) is 12.7. The van der Waals surface area contributed by atoms with Crippen molar-refractivity contribution in [3.05, 3.63) is 53.4 Å². The fourth-order valence-corrected chi connectivity index (χ4v) is 3.51. The van der Waals surface area contributed by atoms with E-state index in [4.69, 9.17) is 16.3 Å². The van der Waals surface area contributed by atoms with E-state index in [0.717, 1.165) is 42.3 Å². The van der Waals surface area contributed by atoms with Crippen LogP contribution < -0.4 is 10.1 Å². The molecule has 0 radical (unpaired) electrons. The molecule has 1 aliphatic carbocycles. The molecule has 1 amide bonds. The Hall–Kier alpha value is -2.60. The summed E-state index contributed by atoms with van der Waals surface area (Å²) in [7, 11) is 0. The molecule has 0 aliphatic heterocycles. The second kappa shape index (κ2) is 7.33. The number of aromatic amines is 1. The zero-order chi connectivity index (χ0) is 17.9. The fourth-order valence-electron chi connectivity index (χ4n) is 3.33. The first-order valence-corrected chi connectivity index (χ1v) is 9.08. The summed E-state index contributed by atoms with van der Waals surface area (Å²) in [5.74, 6) is 0.654. The van der Waals surface area contributed by atoms with Crippen molar-refractivity contribution in [3.8, 4) is 5.75 Å². The quantitative estimate of drug-likeness (QED) is 0.733. The van der Waals surface area contributed by atoms with Gasteiger partial charge in [0.25, 0.3) is 5.91 Å². The van der Waals surface area contributed by atoms with Gasteiger partial charge in [-0.05, 0) is 49.9 Å². The van der Waals surface area contributed by atoms with E-state index in [9.17, 15) is 4.79 Å². The summed E-state index contributed by atoms with van der Waals surface area (Å²) in [4.78, 5) is 16.5. The van der Waals surface area contributed by atoms with Gasteiger partial charge in [0.2, 0.25) is 0 Å². The number of carbonyl (C=O) groups excluding carboxylic acids is 1. The molecule has 1 aliphatic rings. The van der Waals surface area contributed by atoms with Crippen molar-refractivity contribution in [2.24, 2.45) is 0 Å². The van der Waals surface area contributed by atoms with E-state index in [1.807, 2.05) is 30.3 Å². The lowest BCUT2D eigenvalue weighted by Crippen LogP contribution is -2.39. The van der Waals surface area contributed by atoms with E-state index in [-0.39, 0.29) is 18.1 Å². The topological polar surface area (TPSA) is 79.9 Å². The van der Waals surface area contributed by atoms with Crippen molar-refractivity contribution in [3.63, 3.8) is 0 Å². The molecule has 3 aromatic rings. The van der Waals surface area contributed by atoms with Gasteiger partial charge < -0.3 is 10.1 Å². The van der Waals surface area contributed by atoms with Crippen molar-refractivity contribution in [2.45, 2.75) is 37.8 Å². The van der Waals surface area contributed by atoms with Crippen molar-refractivity contribution in [1.82, 2.24) is 20.5 Å². The summed E-state index contributed by atoms with van der Waals surface area (Å²) in [5.41, 5.74) is 1.28. The molecule has 7 heteroatoms. The molecule has 2 heterocycles. The lowest BCUT2D eigenvalue weighted by Gasteiger charge is -2.29. The highest BCUT2D eigenvalue weighted by Gasteiger charge is 2.25. The maximum absolute atomic E-state index is 12.2. The van der Waals surface area contributed by atoms with Crippen LogP contribution >= 0.6 is 11.6 Å². The number of carbonyl (C=O) groups is 1. The Bertz CT molecular complexity index is 919. The molecular formula is C19H19ClN4O2. The Morgan fingerprint density at radius 3 is 2.85 bits per heavy atom. The van der Waals surface area contributed by atoms with Crippen LogP contribution in [0.25, 0.3) is 10.9 Å². The lowest BCUT2D eigenvalue weighted by molar-refractivity contribution is 0.0889. The number of pyridine rings is 1. The Morgan fingerprint density at radius 1 is 1.23 bits per heavy atom. The number of fused-ring (bicyclic) bond motifs is 1. The molecule has 0 saturated heterocycles. The highest BCUT2D eigenvalue weighted by molar-refractivity contribution is 6.33. The average Bonchev–Trinajstić information content (AvgIpc) is 3.09. The zero-order valence-electron chi connectivity index (χ0n) is 14.1. The lowest BCUT2D eigenvalue weighted by atomic mass is 9.93. The maximum atomic E-state index is 12.2. The largest absolute Gasteiger partial charge is 0.490 e. The van der Waals surface area contributed by atoms with E-state index in [1.54, 1.807) is 6.20 Å². The van der Waals surface area contributed by atoms with Crippen molar-refractivity contribution in [1.29, 1.82) is 0 Å². The van der Waals surface area contributed by atoms with E-state index in [1.165, 1.54) is 6.20 Å². The number of benzene rings is 1. The predicted molar refractivity (Wildman–Crippen MR) is 99.5 cm³/mol. The molecule has 0 bridgehead atoms. The number of amides is 1. The normalized spacial score (nSPS) is 20.0. The molecule has 0 unspecified atom stereocenters. The fraction of sp³-hybridized carbons (Fsp3) is 0.316. The molecule has 134 valence electrons. The highest BCUT2D eigenvalue weighted by Crippen LogP contribution is 2.26. The number of aromatic nitrogens is 3. The molecule has 1 fully saturated rings. The van der Waals surface area contributed by atoms with Gasteiger partial charge in [-0.2, -0.15) is 5.10 Å². The second-order valence-electron chi connectivity index (χ2n) is 6.52. The van der Waals surface area contributed by atoms with Crippen LogP contribution in [0.2, 0.25) is 5.02 Å². The smallest absolute Gasteiger partial charge is 0.271 e. The van der Waals surface area contributed by atoms with E-state index in [0.29, 0.717) is 10.7 Å². The van der Waals surface area contributed by atoms with Crippen LogP contribution in [-0.4, -0.2) is 33.2 Å². The van der Waals surface area contributed by atoms with Gasteiger partial charge in [0.1, 0.15) is 11.4 Å². The maximum Gasteiger partial charge on any atom is 0.271 e. The highest BCUT2D eigenvalue weighted by atomic mass is 35.5. The first-order valence-electron chi connectivity index (χ1n) is 8.70. The van der Waals surface area contributed by atoms with Gasteiger partial charge in [-0.15, -0.1) is 0 Å². The summed E-state index contributed by atoms with van der Waals surface area (Å²) in [5, 5.41) is 10.8. The summed E-state index contributed by atoms with van der Waals surface area (Å²) in [6.07, 6.45) is 6.91. The van der Waals surface area contributed by atoms with Crippen LogP contribution in [0.1, 0.15) is 36.2 Å². The Labute approximate surface area is 155 Å². The van der Waals surface area contributed by atoms with Crippen LogP contribution in [0.15, 0.2) is 42.7 Å². The minimum Gasteiger partial charge on any atom is -0.490 e. The third kappa shape index (κ3) is 3.65. The van der Waals surface area contributed by atoms with Gasteiger partial charge in [-0.3, -0.25) is 14.9 Å². The zero-order valence-corrected chi connectivity index (χ0v) is 14.9. The number of nitrogens with zero attached hydrogens (tertiary/aromatic N) is 2. The third-order valence-corrected chi connectivity index (χ3v) is 4.99. The molecule has 26 heavy (non-hydrogen) atoms. The monoisotopic (exact) mass is 370 g/mol. The first kappa shape index (κ1) is 16.8. The van der Waals surface area contributed by atoms with E-state index < -0.39 is 0 Å². The minimum absolute atomic E-state index is 0.127. The average molecular weight is 371 g/mol. The standard InChI is InChI=1S/C19H19ClN4O2/c20-16-11-22-24-18(16)19(25)23-13-3-5-14(6-4-13)26-15-7-8-17-12(10-15)2-1-9-21-17/h1-2,7-11,13-14H,3-6H2,(H,22,24)(H,23,25). The molecule has 6 nitrogen and oxygen atoms in total. The van der Waals surface area contributed by atoms with Crippen molar-refractivity contribution >= 4 is 28.4 Å². The van der Waals surface area contributed by atoms with Crippen LogP contribution in [0.4, 0.5) is 0 Å².